The Hall–Kier alpha value is -2.38. The van der Waals surface area contributed by atoms with Crippen molar-refractivity contribution in [3.05, 3.63) is 74.8 Å². The summed E-state index contributed by atoms with van der Waals surface area (Å²) in [4.78, 5) is 31.7. The fourth-order valence-electron chi connectivity index (χ4n) is 3.69. The number of rotatable bonds is 6. The van der Waals surface area contributed by atoms with Crippen molar-refractivity contribution < 1.29 is 23.4 Å². The highest BCUT2D eigenvalue weighted by atomic mass is 127. The second kappa shape index (κ2) is 10.1. The van der Waals surface area contributed by atoms with Crippen molar-refractivity contribution in [3.8, 4) is 11.5 Å². The maximum Gasteiger partial charge on any atom is 0.338 e. The molecule has 3 aromatic rings. The van der Waals surface area contributed by atoms with Gasteiger partial charge in [-0.2, -0.15) is 0 Å². The van der Waals surface area contributed by atoms with Crippen molar-refractivity contribution in [1.82, 2.24) is 4.57 Å². The molecule has 0 N–H and O–H groups in total. The van der Waals surface area contributed by atoms with Crippen LogP contribution in [0.5, 0.6) is 11.5 Å². The lowest BCUT2D eigenvalue weighted by atomic mass is 9.95. The van der Waals surface area contributed by atoms with Crippen LogP contribution in [0.4, 0.5) is 0 Å². The molecule has 0 bridgehead atoms. The summed E-state index contributed by atoms with van der Waals surface area (Å²) >= 11 is 6.70. The van der Waals surface area contributed by atoms with Gasteiger partial charge in [0.1, 0.15) is 23.3 Å². The molecule has 3 heterocycles. The molecule has 0 amide bonds. The van der Waals surface area contributed by atoms with Crippen molar-refractivity contribution in [3.63, 3.8) is 0 Å². The second-order valence-corrected chi connectivity index (χ2v) is 10.0. The molecule has 0 saturated carbocycles. The molecule has 1 atom stereocenters. The van der Waals surface area contributed by atoms with Gasteiger partial charge in [0.25, 0.3) is 5.56 Å². The number of carbonyl (C=O) groups is 1. The van der Waals surface area contributed by atoms with Crippen molar-refractivity contribution >= 4 is 61.9 Å². The van der Waals surface area contributed by atoms with Crippen LogP contribution in [0.3, 0.4) is 0 Å². The molecule has 0 saturated heterocycles. The van der Waals surface area contributed by atoms with Gasteiger partial charge in [0.05, 0.1) is 41.1 Å². The molecule has 0 radical (unpaired) electrons. The number of furan rings is 1. The van der Waals surface area contributed by atoms with E-state index in [1.807, 2.05) is 0 Å². The number of carbonyl (C=O) groups excluding carboxylic acids is 1. The Kier molecular flexibility index (Phi) is 7.33. The molecule has 4 rings (SSSR count). The van der Waals surface area contributed by atoms with E-state index in [0.717, 1.165) is 4.47 Å². The molecule has 178 valence electrons. The van der Waals surface area contributed by atoms with Crippen LogP contribution in [0.1, 0.15) is 31.2 Å². The summed E-state index contributed by atoms with van der Waals surface area (Å²) in [6.45, 7) is 3.66. The number of allylic oxidation sites excluding steroid dienone is 1. The molecular weight excluding hydrogens is 639 g/mol. The van der Waals surface area contributed by atoms with Gasteiger partial charge in [-0.25, -0.2) is 9.79 Å². The van der Waals surface area contributed by atoms with Crippen LogP contribution in [0.25, 0.3) is 6.08 Å². The molecule has 1 aliphatic rings. The van der Waals surface area contributed by atoms with Gasteiger partial charge >= 0.3 is 5.97 Å². The lowest BCUT2D eigenvalue weighted by molar-refractivity contribution is -0.139. The smallest absolute Gasteiger partial charge is 0.338 e. The first-order valence-electron chi connectivity index (χ1n) is 10.2. The number of thiazole rings is 1. The maximum absolute atomic E-state index is 13.6. The number of benzene rings is 1. The molecule has 1 aliphatic heterocycles. The number of methoxy groups -OCH3 is 2. The topological polar surface area (TPSA) is 92.3 Å². The van der Waals surface area contributed by atoms with Gasteiger partial charge in [-0.05, 0) is 48.0 Å². The number of nitrogens with zero attached hydrogens (tertiary/aromatic N) is 2. The second-order valence-electron chi connectivity index (χ2n) is 7.18. The normalized spacial score (nSPS) is 15.7. The number of halogens is 2. The van der Waals surface area contributed by atoms with Crippen LogP contribution < -0.4 is 24.4 Å². The highest BCUT2D eigenvalue weighted by molar-refractivity contribution is 14.1. The van der Waals surface area contributed by atoms with Crippen LogP contribution in [-0.2, 0) is 9.53 Å². The summed E-state index contributed by atoms with van der Waals surface area (Å²) in [6.07, 6.45) is 1.67. The average molecular weight is 659 g/mol. The molecule has 0 unspecified atom stereocenters. The lowest BCUT2D eigenvalue weighted by Gasteiger charge is -2.26. The summed E-state index contributed by atoms with van der Waals surface area (Å²) in [5, 5.41) is 0. The van der Waals surface area contributed by atoms with E-state index in [1.165, 1.54) is 23.0 Å². The first-order valence-corrected chi connectivity index (χ1v) is 12.8. The minimum absolute atomic E-state index is 0.193. The van der Waals surface area contributed by atoms with Gasteiger partial charge in [-0.1, -0.05) is 11.3 Å². The molecular formula is C23H20BrIN2O6S. The summed E-state index contributed by atoms with van der Waals surface area (Å²) < 4.78 is 25.4. The van der Waals surface area contributed by atoms with Gasteiger partial charge in [0.15, 0.2) is 8.57 Å². The summed E-state index contributed by atoms with van der Waals surface area (Å²) in [5.41, 5.74) is 1.07. The maximum atomic E-state index is 13.6. The van der Waals surface area contributed by atoms with Crippen molar-refractivity contribution in [2.45, 2.75) is 19.9 Å². The minimum Gasteiger partial charge on any atom is -0.497 e. The molecule has 0 spiro atoms. The predicted molar refractivity (Wildman–Crippen MR) is 139 cm³/mol. The van der Waals surface area contributed by atoms with E-state index in [-0.39, 0.29) is 17.7 Å². The molecule has 0 fully saturated rings. The van der Waals surface area contributed by atoms with E-state index >= 15 is 0 Å². The predicted octanol–water partition coefficient (Wildman–Crippen LogP) is 3.78. The summed E-state index contributed by atoms with van der Waals surface area (Å²) in [7, 11) is 3.08. The van der Waals surface area contributed by atoms with Gasteiger partial charge in [-0.15, -0.1) is 0 Å². The highest BCUT2D eigenvalue weighted by Crippen LogP contribution is 2.37. The zero-order chi connectivity index (χ0) is 24.6. The SMILES string of the molecule is CCOC(=O)C1=C(C)N=c2s/c(=C/c3cc(Br)c(I)o3)c(=O)n2[C@@H]1c1ccc(OC)cc1OC. The molecule has 11 heteroatoms. The van der Waals surface area contributed by atoms with E-state index in [0.29, 0.717) is 41.6 Å². The first-order chi connectivity index (χ1) is 16.3. The highest BCUT2D eigenvalue weighted by Gasteiger charge is 2.35. The Bertz CT molecular complexity index is 1470. The van der Waals surface area contributed by atoms with E-state index in [4.69, 9.17) is 18.6 Å². The van der Waals surface area contributed by atoms with Crippen LogP contribution >= 0.6 is 49.9 Å². The first kappa shape index (κ1) is 24.7. The fourth-order valence-corrected chi connectivity index (χ4v) is 5.44. The van der Waals surface area contributed by atoms with E-state index < -0.39 is 12.0 Å². The standard InChI is InChI=1S/C23H20BrIN2O6S/c1-5-32-22(29)18-11(2)26-23-27(19(18)14-7-6-12(30-3)9-16(14)31-4)21(28)17(34-23)10-13-8-15(24)20(25)33-13/h6-10,19H,5H2,1-4H3/b17-10+/t19-/m1/s1. The fraction of sp³-hybridized carbons (Fsp3) is 0.261. The van der Waals surface area contributed by atoms with Crippen molar-refractivity contribution in [2.75, 3.05) is 20.8 Å². The number of esters is 1. The Balaban J connectivity index is 2.00. The third-order valence-corrected chi connectivity index (χ3v) is 8.30. The van der Waals surface area contributed by atoms with Gasteiger partial charge in [0, 0.05) is 40.3 Å². The average Bonchev–Trinajstić information content (AvgIpc) is 3.29. The quantitative estimate of drug-likeness (QED) is 0.296. The van der Waals surface area contributed by atoms with Crippen LogP contribution in [0.2, 0.25) is 0 Å². The number of aromatic nitrogens is 1. The Morgan fingerprint density at radius 2 is 2.09 bits per heavy atom. The lowest BCUT2D eigenvalue weighted by Crippen LogP contribution is -2.40. The van der Waals surface area contributed by atoms with E-state index in [1.54, 1.807) is 51.3 Å². The van der Waals surface area contributed by atoms with Crippen LogP contribution in [0, 0.1) is 3.77 Å². The summed E-state index contributed by atoms with van der Waals surface area (Å²) in [5.74, 6) is 1.05. The number of hydrogen-bond donors (Lipinski definition) is 0. The Morgan fingerprint density at radius 1 is 1.32 bits per heavy atom. The number of hydrogen-bond acceptors (Lipinski definition) is 8. The molecule has 34 heavy (non-hydrogen) atoms. The molecule has 0 aliphatic carbocycles. The van der Waals surface area contributed by atoms with Crippen LogP contribution in [0.15, 0.2) is 54.2 Å². The zero-order valence-electron chi connectivity index (χ0n) is 18.7. The Morgan fingerprint density at radius 3 is 2.71 bits per heavy atom. The third kappa shape index (κ3) is 4.48. The molecule has 8 nitrogen and oxygen atoms in total. The van der Waals surface area contributed by atoms with Crippen molar-refractivity contribution in [1.29, 1.82) is 0 Å². The van der Waals surface area contributed by atoms with Crippen LogP contribution in [-0.4, -0.2) is 31.4 Å². The number of fused-ring (bicyclic) bond motifs is 1. The summed E-state index contributed by atoms with van der Waals surface area (Å²) in [6, 6.07) is 6.25. The largest absolute Gasteiger partial charge is 0.497 e. The minimum atomic E-state index is -0.790. The monoisotopic (exact) mass is 658 g/mol. The molecule has 1 aromatic carbocycles. The third-order valence-electron chi connectivity index (χ3n) is 5.19. The Labute approximate surface area is 220 Å². The van der Waals surface area contributed by atoms with Gasteiger partial charge in [0.2, 0.25) is 0 Å². The van der Waals surface area contributed by atoms with Gasteiger partial charge in [-0.3, -0.25) is 9.36 Å². The van der Waals surface area contributed by atoms with Gasteiger partial charge < -0.3 is 18.6 Å². The van der Waals surface area contributed by atoms with E-state index in [2.05, 4.69) is 43.5 Å². The van der Waals surface area contributed by atoms with Crippen molar-refractivity contribution in [2.24, 2.45) is 4.99 Å². The number of ether oxygens (including phenoxy) is 3. The van der Waals surface area contributed by atoms with E-state index in [9.17, 15) is 9.59 Å². The molecule has 2 aromatic heterocycles. The zero-order valence-corrected chi connectivity index (χ0v) is 23.2.